The lowest BCUT2D eigenvalue weighted by Crippen LogP contribution is -2.46. The Balaban J connectivity index is 1.94. The fraction of sp³-hybridized carbons (Fsp3) is 0.857. The SMILES string of the molecule is COCCN1CCCN(C2CCN(CC(F)(F)F)C2=O)CC1=O. The molecule has 2 aliphatic heterocycles. The minimum atomic E-state index is -4.39. The Morgan fingerprint density at radius 3 is 2.57 bits per heavy atom. The van der Waals surface area contributed by atoms with Gasteiger partial charge in [-0.15, -0.1) is 0 Å². The van der Waals surface area contributed by atoms with E-state index >= 15 is 0 Å². The van der Waals surface area contributed by atoms with Crippen LogP contribution < -0.4 is 0 Å². The van der Waals surface area contributed by atoms with E-state index < -0.39 is 24.7 Å². The molecule has 132 valence electrons. The monoisotopic (exact) mass is 337 g/mol. The lowest BCUT2D eigenvalue weighted by Gasteiger charge is -2.26. The van der Waals surface area contributed by atoms with E-state index in [0.717, 1.165) is 4.90 Å². The van der Waals surface area contributed by atoms with Crippen molar-refractivity contribution >= 4 is 11.8 Å². The average Bonchev–Trinajstić information content (AvgIpc) is 2.69. The molecule has 0 radical (unpaired) electrons. The van der Waals surface area contributed by atoms with Gasteiger partial charge >= 0.3 is 6.18 Å². The molecule has 1 atom stereocenters. The molecule has 0 aromatic carbocycles. The number of rotatable bonds is 5. The van der Waals surface area contributed by atoms with Gasteiger partial charge in [-0.1, -0.05) is 0 Å². The number of ether oxygens (including phenoxy) is 1. The molecule has 0 aromatic heterocycles. The number of methoxy groups -OCH3 is 1. The zero-order valence-electron chi connectivity index (χ0n) is 13.1. The summed E-state index contributed by atoms with van der Waals surface area (Å²) >= 11 is 0. The van der Waals surface area contributed by atoms with Gasteiger partial charge < -0.3 is 14.5 Å². The summed E-state index contributed by atoms with van der Waals surface area (Å²) < 4.78 is 42.4. The molecule has 2 aliphatic rings. The van der Waals surface area contributed by atoms with Gasteiger partial charge in [0.15, 0.2) is 0 Å². The summed E-state index contributed by atoms with van der Waals surface area (Å²) in [5.74, 6) is -0.637. The minimum Gasteiger partial charge on any atom is -0.383 e. The normalized spacial score (nSPS) is 24.4. The molecule has 2 amide bonds. The Morgan fingerprint density at radius 1 is 1.17 bits per heavy atom. The van der Waals surface area contributed by atoms with Gasteiger partial charge in [0.05, 0.1) is 19.2 Å². The quantitative estimate of drug-likeness (QED) is 0.726. The number of halogens is 3. The number of carbonyl (C=O) groups is 2. The van der Waals surface area contributed by atoms with Crippen molar-refractivity contribution < 1.29 is 27.5 Å². The molecule has 9 heteroatoms. The second-order valence-electron chi connectivity index (χ2n) is 5.88. The Morgan fingerprint density at radius 2 is 1.91 bits per heavy atom. The first kappa shape index (κ1) is 18.0. The molecule has 0 spiro atoms. The third kappa shape index (κ3) is 4.81. The van der Waals surface area contributed by atoms with Crippen LogP contribution in [-0.2, 0) is 14.3 Å². The maximum Gasteiger partial charge on any atom is 0.406 e. The Bertz CT molecular complexity index is 445. The molecule has 0 bridgehead atoms. The molecule has 6 nitrogen and oxygen atoms in total. The fourth-order valence-electron chi connectivity index (χ4n) is 3.08. The summed E-state index contributed by atoms with van der Waals surface area (Å²) in [5, 5.41) is 0. The standard InChI is InChI=1S/C14H22F3N3O3/c1-23-8-7-18-4-2-5-19(9-12(18)21)11-3-6-20(13(11)22)10-14(15,16)17/h11H,2-10H2,1H3. The van der Waals surface area contributed by atoms with Gasteiger partial charge in [0, 0.05) is 33.3 Å². The summed E-state index contributed by atoms with van der Waals surface area (Å²) in [6.07, 6.45) is -3.37. The molecule has 0 N–H and O–H groups in total. The van der Waals surface area contributed by atoms with E-state index in [0.29, 0.717) is 39.1 Å². The molecular weight excluding hydrogens is 315 g/mol. The zero-order chi connectivity index (χ0) is 17.0. The van der Waals surface area contributed by atoms with Crippen molar-refractivity contribution in [1.82, 2.24) is 14.7 Å². The van der Waals surface area contributed by atoms with Crippen LogP contribution in [0.2, 0.25) is 0 Å². The predicted molar refractivity (Wildman–Crippen MR) is 75.7 cm³/mol. The van der Waals surface area contributed by atoms with E-state index in [-0.39, 0.29) is 19.0 Å². The van der Waals surface area contributed by atoms with Crippen LogP contribution in [0.4, 0.5) is 13.2 Å². The van der Waals surface area contributed by atoms with Crippen molar-refractivity contribution in [1.29, 1.82) is 0 Å². The Hall–Kier alpha value is -1.35. The summed E-state index contributed by atoms with van der Waals surface area (Å²) in [7, 11) is 1.56. The molecule has 2 heterocycles. The number of nitrogens with zero attached hydrogens (tertiary/aromatic N) is 3. The third-order valence-corrected chi connectivity index (χ3v) is 4.21. The van der Waals surface area contributed by atoms with Crippen LogP contribution in [-0.4, -0.2) is 91.7 Å². The molecule has 0 saturated carbocycles. The van der Waals surface area contributed by atoms with E-state index in [9.17, 15) is 22.8 Å². The van der Waals surface area contributed by atoms with E-state index in [1.165, 1.54) is 0 Å². The van der Waals surface area contributed by atoms with Crippen LogP contribution in [0.25, 0.3) is 0 Å². The van der Waals surface area contributed by atoms with Gasteiger partial charge in [-0.05, 0) is 12.8 Å². The van der Waals surface area contributed by atoms with Crippen molar-refractivity contribution in [2.45, 2.75) is 25.1 Å². The predicted octanol–water partition coefficient (Wildman–Crippen LogP) is 0.330. The van der Waals surface area contributed by atoms with Crippen molar-refractivity contribution in [3.05, 3.63) is 0 Å². The van der Waals surface area contributed by atoms with Gasteiger partial charge in [0.2, 0.25) is 11.8 Å². The lowest BCUT2D eigenvalue weighted by molar-refractivity contribution is -0.159. The van der Waals surface area contributed by atoms with Gasteiger partial charge in [0.1, 0.15) is 6.54 Å². The van der Waals surface area contributed by atoms with Crippen LogP contribution in [0.1, 0.15) is 12.8 Å². The maximum absolute atomic E-state index is 12.5. The Kier molecular flexibility index (Phi) is 5.85. The van der Waals surface area contributed by atoms with Gasteiger partial charge in [-0.25, -0.2) is 0 Å². The average molecular weight is 337 g/mol. The number of hydrogen-bond acceptors (Lipinski definition) is 4. The van der Waals surface area contributed by atoms with Crippen LogP contribution in [0.5, 0.6) is 0 Å². The fourth-order valence-corrected chi connectivity index (χ4v) is 3.08. The van der Waals surface area contributed by atoms with Crippen molar-refractivity contribution in [2.24, 2.45) is 0 Å². The first-order valence-electron chi connectivity index (χ1n) is 7.68. The number of alkyl halides is 3. The van der Waals surface area contributed by atoms with E-state index in [4.69, 9.17) is 4.74 Å². The number of carbonyl (C=O) groups excluding carboxylic acids is 2. The molecule has 23 heavy (non-hydrogen) atoms. The number of hydrogen-bond donors (Lipinski definition) is 0. The molecule has 1 unspecified atom stereocenters. The second kappa shape index (κ2) is 7.48. The highest BCUT2D eigenvalue weighted by molar-refractivity contribution is 5.85. The Labute approximate surface area is 133 Å². The summed E-state index contributed by atoms with van der Waals surface area (Å²) in [5.41, 5.74) is 0. The van der Waals surface area contributed by atoms with Crippen LogP contribution in [0.15, 0.2) is 0 Å². The van der Waals surface area contributed by atoms with E-state index in [1.54, 1.807) is 16.9 Å². The highest BCUT2D eigenvalue weighted by Gasteiger charge is 2.42. The van der Waals surface area contributed by atoms with E-state index in [2.05, 4.69) is 0 Å². The number of amides is 2. The highest BCUT2D eigenvalue weighted by Crippen LogP contribution is 2.24. The summed E-state index contributed by atoms with van der Waals surface area (Å²) in [6, 6.07) is -0.622. The summed E-state index contributed by atoms with van der Waals surface area (Å²) in [4.78, 5) is 28.7. The second-order valence-corrected chi connectivity index (χ2v) is 5.88. The largest absolute Gasteiger partial charge is 0.406 e. The molecule has 2 rings (SSSR count). The van der Waals surface area contributed by atoms with Gasteiger partial charge in [-0.3, -0.25) is 14.5 Å². The molecule has 2 saturated heterocycles. The molecule has 0 aromatic rings. The van der Waals surface area contributed by atoms with E-state index in [1.807, 2.05) is 0 Å². The first-order valence-corrected chi connectivity index (χ1v) is 7.68. The van der Waals surface area contributed by atoms with Crippen molar-refractivity contribution in [2.75, 3.05) is 53.0 Å². The van der Waals surface area contributed by atoms with Gasteiger partial charge in [0.25, 0.3) is 0 Å². The third-order valence-electron chi connectivity index (χ3n) is 4.21. The molecule has 2 fully saturated rings. The first-order chi connectivity index (χ1) is 10.8. The van der Waals surface area contributed by atoms with Crippen LogP contribution >= 0.6 is 0 Å². The zero-order valence-corrected chi connectivity index (χ0v) is 13.1. The van der Waals surface area contributed by atoms with Crippen molar-refractivity contribution in [3.63, 3.8) is 0 Å². The number of likely N-dealkylation sites (tertiary alicyclic amines) is 1. The topological polar surface area (TPSA) is 53.1 Å². The molecule has 0 aliphatic carbocycles. The van der Waals surface area contributed by atoms with Crippen LogP contribution in [0.3, 0.4) is 0 Å². The molecular formula is C14H22F3N3O3. The highest BCUT2D eigenvalue weighted by atomic mass is 19.4. The lowest BCUT2D eigenvalue weighted by atomic mass is 10.2. The smallest absolute Gasteiger partial charge is 0.383 e. The maximum atomic E-state index is 12.5. The van der Waals surface area contributed by atoms with Crippen molar-refractivity contribution in [3.8, 4) is 0 Å². The van der Waals surface area contributed by atoms with Crippen LogP contribution in [0, 0.1) is 0 Å². The summed E-state index contributed by atoms with van der Waals surface area (Å²) in [6.45, 7) is 0.970. The minimum absolute atomic E-state index is 0.0694. The van der Waals surface area contributed by atoms with Gasteiger partial charge in [-0.2, -0.15) is 13.2 Å².